The Balaban J connectivity index is 1.74. The number of aromatic nitrogens is 1. The predicted octanol–water partition coefficient (Wildman–Crippen LogP) is 3.19. The minimum atomic E-state index is -0.960. The van der Waals surface area contributed by atoms with E-state index in [1.54, 1.807) is 6.07 Å². The average Bonchev–Trinajstić information content (AvgIpc) is 2.98. The lowest BCUT2D eigenvalue weighted by Crippen LogP contribution is -2.42. The minimum Gasteiger partial charge on any atom is -0.385 e. The van der Waals surface area contributed by atoms with E-state index in [2.05, 4.69) is 4.98 Å². The highest BCUT2D eigenvalue weighted by atomic mass is 35.5. The summed E-state index contributed by atoms with van der Waals surface area (Å²) in [5.74, 6) is 0. The first-order valence-corrected chi connectivity index (χ1v) is 8.02. The summed E-state index contributed by atoms with van der Waals surface area (Å²) >= 11 is 7.23. The molecule has 2 aromatic rings. The summed E-state index contributed by atoms with van der Waals surface area (Å²) in [6.07, 6.45) is 2.28. The van der Waals surface area contributed by atoms with Gasteiger partial charge in [-0.3, -0.25) is 10.1 Å². The Morgan fingerprint density at radius 3 is 2.64 bits per heavy atom. The van der Waals surface area contributed by atoms with Crippen LogP contribution in [0.2, 0.25) is 5.02 Å². The van der Waals surface area contributed by atoms with Gasteiger partial charge < -0.3 is 10.0 Å². The van der Waals surface area contributed by atoms with E-state index in [4.69, 9.17) is 11.6 Å². The molecule has 1 aromatic carbocycles. The largest absolute Gasteiger partial charge is 0.385 e. The molecule has 1 N–H and O–H groups in total. The van der Waals surface area contributed by atoms with Gasteiger partial charge in [0.1, 0.15) is 6.20 Å². The van der Waals surface area contributed by atoms with Crippen molar-refractivity contribution in [2.75, 3.05) is 18.0 Å². The highest BCUT2D eigenvalue weighted by molar-refractivity contribution is 7.18. The molecule has 8 heteroatoms. The Morgan fingerprint density at radius 2 is 2.05 bits per heavy atom. The van der Waals surface area contributed by atoms with Crippen LogP contribution in [-0.2, 0) is 5.60 Å². The lowest BCUT2D eigenvalue weighted by Gasteiger charge is -2.38. The number of rotatable bonds is 3. The Morgan fingerprint density at radius 1 is 1.36 bits per heavy atom. The van der Waals surface area contributed by atoms with Crippen LogP contribution in [0, 0.1) is 10.1 Å². The first-order valence-electron chi connectivity index (χ1n) is 6.82. The number of benzene rings is 1. The molecule has 1 fully saturated rings. The zero-order valence-electron chi connectivity index (χ0n) is 11.6. The molecule has 116 valence electrons. The van der Waals surface area contributed by atoms with E-state index in [0.29, 0.717) is 36.1 Å². The van der Waals surface area contributed by atoms with Crippen molar-refractivity contribution in [2.24, 2.45) is 0 Å². The predicted molar refractivity (Wildman–Crippen MR) is 85.6 cm³/mol. The molecule has 1 aromatic heterocycles. The third kappa shape index (κ3) is 2.79. The fourth-order valence-electron chi connectivity index (χ4n) is 2.66. The fourth-order valence-corrected chi connectivity index (χ4v) is 3.76. The molecule has 0 amide bonds. The highest BCUT2D eigenvalue weighted by Crippen LogP contribution is 2.39. The summed E-state index contributed by atoms with van der Waals surface area (Å²) in [4.78, 5) is 16.3. The topological polar surface area (TPSA) is 79.5 Å². The second-order valence-corrected chi connectivity index (χ2v) is 6.63. The number of piperidine rings is 1. The number of halogens is 1. The Labute approximate surface area is 136 Å². The van der Waals surface area contributed by atoms with E-state index >= 15 is 0 Å². The second kappa shape index (κ2) is 5.83. The van der Waals surface area contributed by atoms with Gasteiger partial charge in [-0.25, -0.2) is 4.98 Å². The number of aliphatic hydroxyl groups is 1. The zero-order valence-corrected chi connectivity index (χ0v) is 13.2. The Hall–Kier alpha value is -1.70. The lowest BCUT2D eigenvalue weighted by atomic mass is 9.84. The first-order chi connectivity index (χ1) is 10.5. The molecular weight excluding hydrogens is 326 g/mol. The van der Waals surface area contributed by atoms with E-state index in [-0.39, 0.29) is 5.00 Å². The molecular formula is C14H14ClN3O3S. The van der Waals surface area contributed by atoms with Crippen LogP contribution in [-0.4, -0.2) is 28.1 Å². The van der Waals surface area contributed by atoms with Crippen LogP contribution >= 0.6 is 22.9 Å². The van der Waals surface area contributed by atoms with Crippen molar-refractivity contribution in [3.8, 4) is 0 Å². The van der Waals surface area contributed by atoms with Crippen molar-refractivity contribution >= 4 is 33.1 Å². The molecule has 0 unspecified atom stereocenters. The van der Waals surface area contributed by atoms with Crippen molar-refractivity contribution < 1.29 is 10.0 Å². The maximum atomic E-state index is 10.8. The molecule has 0 bridgehead atoms. The standard InChI is InChI=1S/C14H14ClN3O3S/c15-11-4-2-1-3-10(11)14(19)5-7-17(8-6-14)13-16-9-12(22-13)18(20)21/h1-4,9,19H,5-8H2. The van der Waals surface area contributed by atoms with Crippen LogP contribution in [0.1, 0.15) is 18.4 Å². The quantitative estimate of drug-likeness (QED) is 0.686. The van der Waals surface area contributed by atoms with Gasteiger partial charge in [0.25, 0.3) is 0 Å². The summed E-state index contributed by atoms with van der Waals surface area (Å²) in [6, 6.07) is 7.30. The lowest BCUT2D eigenvalue weighted by molar-refractivity contribution is -0.380. The Bertz CT molecular complexity index is 698. The summed E-state index contributed by atoms with van der Waals surface area (Å²) in [5.41, 5.74) is -0.223. The molecule has 0 saturated carbocycles. The zero-order chi connectivity index (χ0) is 15.7. The monoisotopic (exact) mass is 339 g/mol. The first kappa shape index (κ1) is 15.2. The molecule has 0 radical (unpaired) electrons. The van der Waals surface area contributed by atoms with Gasteiger partial charge in [0.2, 0.25) is 0 Å². The van der Waals surface area contributed by atoms with Crippen molar-refractivity contribution in [1.29, 1.82) is 0 Å². The van der Waals surface area contributed by atoms with Crippen LogP contribution in [0.3, 0.4) is 0 Å². The highest BCUT2D eigenvalue weighted by Gasteiger charge is 2.36. The van der Waals surface area contributed by atoms with E-state index < -0.39 is 10.5 Å². The molecule has 1 saturated heterocycles. The molecule has 0 aliphatic carbocycles. The summed E-state index contributed by atoms with van der Waals surface area (Å²) in [6.45, 7) is 1.15. The number of hydrogen-bond donors (Lipinski definition) is 1. The molecule has 1 aliphatic heterocycles. The van der Waals surface area contributed by atoms with Gasteiger partial charge in [-0.1, -0.05) is 29.8 Å². The van der Waals surface area contributed by atoms with Gasteiger partial charge in [-0.2, -0.15) is 0 Å². The maximum Gasteiger partial charge on any atom is 0.345 e. The van der Waals surface area contributed by atoms with Crippen molar-refractivity contribution in [1.82, 2.24) is 4.98 Å². The maximum absolute atomic E-state index is 10.8. The van der Waals surface area contributed by atoms with Crippen LogP contribution in [0.4, 0.5) is 10.1 Å². The number of nitrogens with zero attached hydrogens (tertiary/aromatic N) is 3. The van der Waals surface area contributed by atoms with Gasteiger partial charge in [0.05, 0.1) is 10.5 Å². The van der Waals surface area contributed by atoms with E-state index in [9.17, 15) is 15.2 Å². The second-order valence-electron chi connectivity index (χ2n) is 5.24. The van der Waals surface area contributed by atoms with Crippen molar-refractivity contribution in [2.45, 2.75) is 18.4 Å². The molecule has 22 heavy (non-hydrogen) atoms. The van der Waals surface area contributed by atoms with Gasteiger partial charge in [0.15, 0.2) is 5.13 Å². The summed E-state index contributed by atoms with van der Waals surface area (Å²) < 4.78 is 0. The number of thiazole rings is 1. The number of anilines is 1. The van der Waals surface area contributed by atoms with Crippen LogP contribution in [0.5, 0.6) is 0 Å². The average molecular weight is 340 g/mol. The summed E-state index contributed by atoms with van der Waals surface area (Å²) in [5, 5.41) is 22.8. The van der Waals surface area contributed by atoms with Gasteiger partial charge >= 0.3 is 5.00 Å². The van der Waals surface area contributed by atoms with E-state index in [1.165, 1.54) is 6.20 Å². The van der Waals surface area contributed by atoms with Crippen LogP contribution < -0.4 is 4.90 Å². The normalized spacial score (nSPS) is 17.5. The van der Waals surface area contributed by atoms with Gasteiger partial charge in [0, 0.05) is 23.7 Å². The third-order valence-electron chi connectivity index (χ3n) is 3.90. The molecule has 0 spiro atoms. The molecule has 1 aliphatic rings. The SMILES string of the molecule is O=[N+]([O-])c1cnc(N2CCC(O)(c3ccccc3Cl)CC2)s1. The molecule has 2 heterocycles. The van der Waals surface area contributed by atoms with Gasteiger partial charge in [-0.05, 0) is 30.2 Å². The van der Waals surface area contributed by atoms with Gasteiger partial charge in [-0.15, -0.1) is 0 Å². The number of nitro groups is 1. The minimum absolute atomic E-state index is 0.0296. The molecule has 6 nitrogen and oxygen atoms in total. The molecule has 3 rings (SSSR count). The molecule has 0 atom stereocenters. The van der Waals surface area contributed by atoms with Crippen molar-refractivity contribution in [3.63, 3.8) is 0 Å². The number of hydrogen-bond acceptors (Lipinski definition) is 6. The summed E-state index contributed by atoms with van der Waals surface area (Å²) in [7, 11) is 0. The Kier molecular flexibility index (Phi) is 4.03. The third-order valence-corrected chi connectivity index (χ3v) is 5.24. The fraction of sp³-hybridized carbons (Fsp3) is 0.357. The van der Waals surface area contributed by atoms with Crippen LogP contribution in [0.25, 0.3) is 0 Å². The smallest absolute Gasteiger partial charge is 0.345 e. The van der Waals surface area contributed by atoms with Crippen LogP contribution in [0.15, 0.2) is 30.5 Å². The van der Waals surface area contributed by atoms with E-state index in [0.717, 1.165) is 16.9 Å². The van der Waals surface area contributed by atoms with Crippen molar-refractivity contribution in [3.05, 3.63) is 51.2 Å². The van der Waals surface area contributed by atoms with E-state index in [1.807, 2.05) is 23.1 Å².